The zero-order valence-electron chi connectivity index (χ0n) is 9.22. The summed E-state index contributed by atoms with van der Waals surface area (Å²) in [6.07, 6.45) is 6.19. The third kappa shape index (κ3) is 2.03. The number of nitrogens with one attached hydrogen (secondary N) is 1. The molecule has 0 spiro atoms. The topological polar surface area (TPSA) is 75.4 Å². The number of aliphatic imine (C=N–C) groups is 3. The first kappa shape index (κ1) is 10.3. The zero-order chi connectivity index (χ0) is 11.7. The molecule has 0 aromatic carbocycles. The Balaban J connectivity index is 1.85. The van der Waals surface area contributed by atoms with Gasteiger partial charge in [0.05, 0.1) is 5.71 Å². The first-order valence-corrected chi connectivity index (χ1v) is 5.67. The van der Waals surface area contributed by atoms with Gasteiger partial charge in [0, 0.05) is 12.8 Å². The third-order valence-corrected chi connectivity index (χ3v) is 2.78. The van der Waals surface area contributed by atoms with Crippen LogP contribution >= 0.6 is 0 Å². The molecule has 6 heteroatoms. The molecule has 2 amide bonds. The lowest BCUT2D eigenvalue weighted by Gasteiger charge is -2.21. The summed E-state index contributed by atoms with van der Waals surface area (Å²) in [5.74, 6) is 0.469. The maximum atomic E-state index is 11.3. The van der Waals surface area contributed by atoms with Crippen LogP contribution in [0.1, 0.15) is 19.3 Å². The van der Waals surface area contributed by atoms with Crippen LogP contribution < -0.4 is 5.32 Å². The number of hydrogen-bond acceptors (Lipinski definition) is 4. The summed E-state index contributed by atoms with van der Waals surface area (Å²) in [6.45, 7) is 0.723. The van der Waals surface area contributed by atoms with E-state index in [4.69, 9.17) is 4.74 Å². The van der Waals surface area contributed by atoms with E-state index >= 15 is 0 Å². The number of hydrogen-bond donors (Lipinski definition) is 1. The van der Waals surface area contributed by atoms with Crippen molar-refractivity contribution < 1.29 is 9.53 Å². The standard InChI is InChI=1S/C11H12N4O2/c16-11-13-7-4-5-12-9(7)10(15-11)14-8-3-1-2-6-17-8/h4-5,8H,1-3,6H2,(H,14,15,16). The van der Waals surface area contributed by atoms with Crippen molar-refractivity contribution in [2.24, 2.45) is 15.0 Å². The van der Waals surface area contributed by atoms with Gasteiger partial charge in [-0.15, -0.1) is 0 Å². The quantitative estimate of drug-likeness (QED) is 0.733. The number of ether oxygens (including phenoxy) is 1. The van der Waals surface area contributed by atoms with Gasteiger partial charge in [0.2, 0.25) is 0 Å². The lowest BCUT2D eigenvalue weighted by atomic mass is 10.1. The fraction of sp³-hybridized carbons (Fsp3) is 0.455. The minimum Gasteiger partial charge on any atom is -0.357 e. The van der Waals surface area contributed by atoms with Crippen molar-refractivity contribution in [2.45, 2.75) is 25.5 Å². The van der Waals surface area contributed by atoms with E-state index in [1.165, 1.54) is 0 Å². The van der Waals surface area contributed by atoms with E-state index in [1.807, 2.05) is 0 Å². The molecule has 3 rings (SSSR count). The molecule has 3 aliphatic heterocycles. The number of carbonyl (C=O) groups excluding carboxylic acids is 1. The van der Waals surface area contributed by atoms with Crippen molar-refractivity contribution in [1.82, 2.24) is 5.32 Å². The summed E-state index contributed by atoms with van der Waals surface area (Å²) >= 11 is 0. The number of fused-ring (bicyclic) bond motifs is 1. The van der Waals surface area contributed by atoms with Gasteiger partial charge < -0.3 is 4.74 Å². The number of nitrogens with zero attached hydrogens (tertiary/aromatic N) is 3. The second-order valence-corrected chi connectivity index (χ2v) is 4.02. The molecule has 1 N–H and O–H groups in total. The Bertz CT molecular complexity index is 470. The summed E-state index contributed by atoms with van der Waals surface area (Å²) in [4.78, 5) is 23.7. The van der Waals surface area contributed by atoms with Gasteiger partial charge in [-0.3, -0.25) is 10.3 Å². The normalized spacial score (nSPS) is 29.8. The third-order valence-electron chi connectivity index (χ3n) is 2.78. The number of carbonyl (C=O) groups is 1. The van der Waals surface area contributed by atoms with Gasteiger partial charge in [0.1, 0.15) is 5.71 Å². The van der Waals surface area contributed by atoms with Crippen LogP contribution in [0.5, 0.6) is 0 Å². The van der Waals surface area contributed by atoms with Gasteiger partial charge in [-0.05, 0) is 25.3 Å². The summed E-state index contributed by atoms with van der Waals surface area (Å²) in [5, 5.41) is 2.61. The molecule has 88 valence electrons. The van der Waals surface area contributed by atoms with Crippen LogP contribution in [-0.4, -0.2) is 36.1 Å². The van der Waals surface area contributed by atoms with Gasteiger partial charge >= 0.3 is 6.03 Å². The van der Waals surface area contributed by atoms with E-state index in [2.05, 4.69) is 20.3 Å². The minimum atomic E-state index is -0.403. The average molecular weight is 232 g/mol. The Morgan fingerprint density at radius 3 is 3.24 bits per heavy atom. The molecular weight excluding hydrogens is 220 g/mol. The van der Waals surface area contributed by atoms with Crippen molar-refractivity contribution in [3.63, 3.8) is 0 Å². The fourth-order valence-electron chi connectivity index (χ4n) is 1.96. The molecule has 0 bridgehead atoms. The number of allylic oxidation sites excluding steroid dienone is 1. The minimum absolute atomic E-state index is 0.179. The molecule has 0 aromatic heterocycles. The fourth-order valence-corrected chi connectivity index (χ4v) is 1.96. The molecule has 0 radical (unpaired) electrons. The summed E-state index contributed by atoms with van der Waals surface area (Å²) in [6, 6.07) is -0.403. The van der Waals surface area contributed by atoms with Gasteiger partial charge in [-0.25, -0.2) is 9.79 Å². The maximum Gasteiger partial charge on any atom is 0.347 e. The van der Waals surface area contributed by atoms with Crippen molar-refractivity contribution in [2.75, 3.05) is 6.61 Å². The second-order valence-electron chi connectivity index (χ2n) is 4.02. The molecule has 0 aliphatic carbocycles. The predicted octanol–water partition coefficient (Wildman–Crippen LogP) is 1.04. The summed E-state index contributed by atoms with van der Waals surface area (Å²) in [7, 11) is 0. The van der Waals surface area contributed by atoms with Gasteiger partial charge in [0.15, 0.2) is 12.1 Å². The van der Waals surface area contributed by atoms with Crippen LogP contribution in [0.3, 0.4) is 0 Å². The predicted molar refractivity (Wildman–Crippen MR) is 63.6 cm³/mol. The highest BCUT2D eigenvalue weighted by molar-refractivity contribution is 6.73. The Morgan fingerprint density at radius 1 is 1.47 bits per heavy atom. The van der Waals surface area contributed by atoms with Crippen molar-refractivity contribution in [1.29, 1.82) is 0 Å². The summed E-state index contributed by atoms with van der Waals surface area (Å²) < 4.78 is 5.51. The molecule has 3 aliphatic rings. The van der Waals surface area contributed by atoms with E-state index in [1.54, 1.807) is 12.3 Å². The molecule has 0 saturated carbocycles. The number of amides is 2. The number of amidine groups is 1. The second kappa shape index (κ2) is 4.21. The van der Waals surface area contributed by atoms with E-state index in [0.29, 0.717) is 17.3 Å². The first-order valence-electron chi connectivity index (χ1n) is 5.67. The zero-order valence-corrected chi connectivity index (χ0v) is 9.22. The highest BCUT2D eigenvalue weighted by atomic mass is 16.5. The molecule has 6 nitrogen and oxygen atoms in total. The molecule has 0 aromatic rings. The van der Waals surface area contributed by atoms with Crippen LogP contribution in [0, 0.1) is 0 Å². The van der Waals surface area contributed by atoms with E-state index in [0.717, 1.165) is 25.9 Å². The van der Waals surface area contributed by atoms with Crippen molar-refractivity contribution in [3.05, 3.63) is 12.3 Å². The molecule has 3 heterocycles. The van der Waals surface area contributed by atoms with Gasteiger partial charge in [-0.1, -0.05) is 0 Å². The highest BCUT2D eigenvalue weighted by Gasteiger charge is 2.26. The monoisotopic (exact) mass is 232 g/mol. The van der Waals surface area contributed by atoms with Crippen molar-refractivity contribution >= 4 is 23.3 Å². The Kier molecular flexibility index (Phi) is 2.56. The highest BCUT2D eigenvalue weighted by Crippen LogP contribution is 2.15. The molecular formula is C11H12N4O2. The van der Waals surface area contributed by atoms with E-state index in [9.17, 15) is 4.79 Å². The largest absolute Gasteiger partial charge is 0.357 e. The maximum absolute atomic E-state index is 11.3. The lowest BCUT2D eigenvalue weighted by Crippen LogP contribution is -2.43. The van der Waals surface area contributed by atoms with Gasteiger partial charge in [0.25, 0.3) is 0 Å². The first-order chi connectivity index (χ1) is 8.33. The number of urea groups is 1. The Labute approximate surface area is 98.2 Å². The average Bonchev–Trinajstić information content (AvgIpc) is 2.78. The smallest absolute Gasteiger partial charge is 0.347 e. The van der Waals surface area contributed by atoms with E-state index in [-0.39, 0.29) is 6.23 Å². The van der Waals surface area contributed by atoms with Crippen LogP contribution in [0.15, 0.2) is 27.3 Å². The molecule has 1 atom stereocenters. The number of rotatable bonds is 1. The van der Waals surface area contributed by atoms with Crippen molar-refractivity contribution in [3.8, 4) is 0 Å². The Morgan fingerprint density at radius 2 is 2.41 bits per heavy atom. The van der Waals surface area contributed by atoms with Crippen LogP contribution in [0.2, 0.25) is 0 Å². The van der Waals surface area contributed by atoms with Gasteiger partial charge in [-0.2, -0.15) is 4.99 Å². The molecule has 1 unspecified atom stereocenters. The van der Waals surface area contributed by atoms with Crippen LogP contribution in [0.25, 0.3) is 0 Å². The molecule has 17 heavy (non-hydrogen) atoms. The van der Waals surface area contributed by atoms with E-state index < -0.39 is 6.03 Å². The van der Waals surface area contributed by atoms with Crippen LogP contribution in [0.4, 0.5) is 4.79 Å². The molecule has 1 fully saturated rings. The lowest BCUT2D eigenvalue weighted by molar-refractivity contribution is 0.0223. The molecule has 1 saturated heterocycles. The Hall–Kier alpha value is -1.82. The van der Waals surface area contributed by atoms with Crippen LogP contribution in [-0.2, 0) is 4.74 Å². The SMILES string of the molecule is O=C1N=C2C=CN=C2/C(=N/C2CCCCO2)N1. The summed E-state index contributed by atoms with van der Waals surface area (Å²) in [5.41, 5.74) is 1.20.